The Morgan fingerprint density at radius 1 is 1.08 bits per heavy atom. The zero-order valence-corrected chi connectivity index (χ0v) is 19.3. The Labute approximate surface area is 206 Å². The lowest BCUT2D eigenvalue weighted by atomic mass is 9.82. The van der Waals surface area contributed by atoms with E-state index in [1.807, 2.05) is 6.07 Å². The van der Waals surface area contributed by atoms with Crippen LogP contribution in [-0.2, 0) is 6.54 Å². The third kappa shape index (κ3) is 4.95. The molecule has 36 heavy (non-hydrogen) atoms. The molecule has 182 valence electrons. The van der Waals surface area contributed by atoms with Crippen molar-refractivity contribution >= 4 is 17.6 Å². The van der Waals surface area contributed by atoms with Crippen LogP contribution in [0.2, 0.25) is 0 Å². The molecular weight excluding hydrogens is 461 g/mol. The minimum atomic E-state index is -0.396. The van der Waals surface area contributed by atoms with Crippen LogP contribution in [0.5, 0.6) is 5.75 Å². The summed E-state index contributed by atoms with van der Waals surface area (Å²) in [6.45, 7) is 0.231. The van der Waals surface area contributed by atoms with Gasteiger partial charge in [-0.15, -0.1) is 0 Å². The van der Waals surface area contributed by atoms with Gasteiger partial charge in [0.2, 0.25) is 0 Å². The molecule has 2 amide bonds. The molecule has 0 bridgehead atoms. The molecule has 2 heterocycles. The Hall–Kier alpha value is -4.53. The van der Waals surface area contributed by atoms with Gasteiger partial charge in [0.15, 0.2) is 0 Å². The van der Waals surface area contributed by atoms with Gasteiger partial charge in [-0.1, -0.05) is 18.6 Å². The molecule has 0 saturated heterocycles. The molecule has 1 fully saturated rings. The topological polar surface area (TPSA) is 109 Å². The van der Waals surface area contributed by atoms with Crippen LogP contribution in [0.3, 0.4) is 0 Å². The smallest absolute Gasteiger partial charge is 0.342 e. The number of hydrogen-bond donors (Lipinski definition) is 3. The summed E-state index contributed by atoms with van der Waals surface area (Å²) in [6.07, 6.45) is 6.04. The van der Waals surface area contributed by atoms with Crippen LogP contribution < -0.4 is 10.6 Å². The number of benzene rings is 2. The monoisotopic (exact) mass is 485 g/mol. The quantitative estimate of drug-likeness (QED) is 0.353. The van der Waals surface area contributed by atoms with E-state index in [0.717, 1.165) is 30.5 Å². The number of phenols is 1. The first-order chi connectivity index (χ1) is 17.5. The molecule has 4 aromatic rings. The van der Waals surface area contributed by atoms with E-state index >= 15 is 0 Å². The number of nitrogens with one attached hydrogen (secondary N) is 2. The van der Waals surface area contributed by atoms with Crippen LogP contribution in [0.1, 0.15) is 46.8 Å². The maximum atomic E-state index is 13.2. The number of aromatic hydroxyl groups is 1. The largest absolute Gasteiger partial charge is 0.507 e. The van der Waals surface area contributed by atoms with Crippen molar-refractivity contribution in [2.45, 2.75) is 31.7 Å². The Balaban J connectivity index is 1.36. The molecule has 8 nitrogen and oxygen atoms in total. The van der Waals surface area contributed by atoms with E-state index in [9.17, 15) is 19.1 Å². The average Bonchev–Trinajstić information content (AvgIpc) is 3.27. The van der Waals surface area contributed by atoms with Gasteiger partial charge in [0.05, 0.1) is 17.0 Å². The fourth-order valence-corrected chi connectivity index (χ4v) is 4.07. The number of phenolic OH excluding ortho intramolecular Hbond substituents is 1. The number of anilines is 1. The second-order valence-corrected chi connectivity index (χ2v) is 8.71. The number of aromatic nitrogens is 3. The average molecular weight is 486 g/mol. The highest BCUT2D eigenvalue weighted by Gasteiger charge is 2.27. The van der Waals surface area contributed by atoms with Crippen LogP contribution in [0.15, 0.2) is 73.1 Å². The fraction of sp³-hybridized carbons (Fsp3) is 0.185. The molecule has 0 atom stereocenters. The van der Waals surface area contributed by atoms with E-state index in [1.165, 1.54) is 29.1 Å². The SMILES string of the molecule is O=C(Nc1ccc(-c2cc(C3CCC3)n(C(=O)NCc3ccc(F)cc3)n2)c(O)c1)c1cccnc1. The van der Waals surface area contributed by atoms with Crippen LogP contribution in [0, 0.1) is 5.82 Å². The summed E-state index contributed by atoms with van der Waals surface area (Å²) in [5.41, 5.74) is 3.26. The molecule has 0 spiro atoms. The van der Waals surface area contributed by atoms with Gasteiger partial charge >= 0.3 is 6.03 Å². The predicted molar refractivity (Wildman–Crippen MR) is 132 cm³/mol. The first-order valence-corrected chi connectivity index (χ1v) is 11.7. The van der Waals surface area contributed by atoms with Crippen LogP contribution >= 0.6 is 0 Å². The van der Waals surface area contributed by atoms with Gasteiger partial charge in [0, 0.05) is 42.2 Å². The van der Waals surface area contributed by atoms with E-state index < -0.39 is 6.03 Å². The highest BCUT2D eigenvalue weighted by Crippen LogP contribution is 2.39. The standard InChI is InChI=1S/C27H24FN5O3/c28-20-8-6-17(7-9-20)15-30-27(36)33-24(18-3-1-4-18)14-23(32-33)22-11-10-21(13-25(22)34)31-26(35)19-5-2-12-29-16-19/h2,5-14,16,18,34H,1,3-4,15H2,(H,30,36)(H,31,35). The van der Waals surface area contributed by atoms with Gasteiger partial charge in [-0.2, -0.15) is 9.78 Å². The molecule has 0 radical (unpaired) electrons. The van der Waals surface area contributed by atoms with E-state index in [-0.39, 0.29) is 29.9 Å². The summed E-state index contributed by atoms with van der Waals surface area (Å²) in [6, 6.07) is 15.4. The number of amides is 2. The normalized spacial score (nSPS) is 13.1. The third-order valence-electron chi connectivity index (χ3n) is 6.27. The van der Waals surface area contributed by atoms with Gasteiger partial charge in [-0.05, 0) is 60.9 Å². The van der Waals surface area contributed by atoms with Crippen LogP contribution in [-0.4, -0.2) is 31.8 Å². The minimum absolute atomic E-state index is 0.0736. The molecule has 3 N–H and O–H groups in total. The van der Waals surface area contributed by atoms with Crippen molar-refractivity contribution in [3.8, 4) is 17.0 Å². The molecule has 9 heteroatoms. The first kappa shape index (κ1) is 23.2. The predicted octanol–water partition coefficient (Wildman–Crippen LogP) is 5.07. The van der Waals surface area contributed by atoms with Crippen molar-refractivity contribution in [3.05, 3.63) is 95.7 Å². The van der Waals surface area contributed by atoms with E-state index in [2.05, 4.69) is 20.7 Å². The maximum absolute atomic E-state index is 13.2. The zero-order valence-electron chi connectivity index (χ0n) is 19.3. The van der Waals surface area contributed by atoms with E-state index in [1.54, 1.807) is 42.6 Å². The Morgan fingerprint density at radius 2 is 1.89 bits per heavy atom. The first-order valence-electron chi connectivity index (χ1n) is 11.7. The molecule has 5 rings (SSSR count). The number of rotatable bonds is 6. The molecular formula is C27H24FN5O3. The second kappa shape index (κ2) is 9.99. The lowest BCUT2D eigenvalue weighted by Crippen LogP contribution is -2.31. The lowest BCUT2D eigenvalue weighted by Gasteiger charge is -2.25. The number of carbonyl (C=O) groups is 2. The Kier molecular flexibility index (Phi) is 6.44. The summed E-state index contributed by atoms with van der Waals surface area (Å²) < 4.78 is 14.5. The number of hydrogen-bond acceptors (Lipinski definition) is 5. The molecule has 0 unspecified atom stereocenters. The van der Waals surface area contributed by atoms with Gasteiger partial charge in [0.25, 0.3) is 5.91 Å². The zero-order chi connectivity index (χ0) is 25.1. The summed E-state index contributed by atoms with van der Waals surface area (Å²) in [7, 11) is 0. The van der Waals surface area contributed by atoms with E-state index in [0.29, 0.717) is 22.5 Å². The summed E-state index contributed by atoms with van der Waals surface area (Å²) in [5, 5.41) is 20.8. The number of pyridine rings is 1. The van der Waals surface area contributed by atoms with Crippen molar-refractivity contribution in [1.82, 2.24) is 20.1 Å². The molecule has 1 aliphatic rings. The number of carbonyl (C=O) groups excluding carboxylic acids is 2. The molecule has 2 aromatic carbocycles. The van der Waals surface area contributed by atoms with E-state index in [4.69, 9.17) is 0 Å². The fourth-order valence-electron chi connectivity index (χ4n) is 4.07. The molecule has 0 aliphatic heterocycles. The summed E-state index contributed by atoms with van der Waals surface area (Å²) in [4.78, 5) is 29.3. The Morgan fingerprint density at radius 3 is 2.56 bits per heavy atom. The lowest BCUT2D eigenvalue weighted by molar-refractivity contribution is 0.102. The van der Waals surface area contributed by atoms with Crippen molar-refractivity contribution < 1.29 is 19.1 Å². The molecule has 1 aliphatic carbocycles. The van der Waals surface area contributed by atoms with Crippen molar-refractivity contribution in [2.24, 2.45) is 0 Å². The molecule has 2 aromatic heterocycles. The summed E-state index contributed by atoms with van der Waals surface area (Å²) >= 11 is 0. The Bertz CT molecular complexity index is 1400. The van der Waals surface area contributed by atoms with Gasteiger partial charge in [0.1, 0.15) is 11.6 Å². The second-order valence-electron chi connectivity index (χ2n) is 8.71. The summed E-state index contributed by atoms with van der Waals surface area (Å²) in [5.74, 6) is -0.542. The molecule has 1 saturated carbocycles. The van der Waals surface area contributed by atoms with Crippen molar-refractivity contribution in [1.29, 1.82) is 0 Å². The minimum Gasteiger partial charge on any atom is -0.507 e. The number of nitrogens with zero attached hydrogens (tertiary/aromatic N) is 3. The van der Waals surface area contributed by atoms with Gasteiger partial charge in [-0.25, -0.2) is 9.18 Å². The third-order valence-corrected chi connectivity index (χ3v) is 6.27. The number of halogens is 1. The van der Waals surface area contributed by atoms with Crippen LogP contribution in [0.4, 0.5) is 14.9 Å². The highest BCUT2D eigenvalue weighted by molar-refractivity contribution is 6.04. The van der Waals surface area contributed by atoms with Gasteiger partial charge < -0.3 is 15.7 Å². The van der Waals surface area contributed by atoms with Crippen molar-refractivity contribution in [3.63, 3.8) is 0 Å². The maximum Gasteiger partial charge on any atom is 0.342 e. The van der Waals surface area contributed by atoms with Gasteiger partial charge in [-0.3, -0.25) is 9.78 Å². The highest BCUT2D eigenvalue weighted by atomic mass is 19.1. The van der Waals surface area contributed by atoms with Crippen LogP contribution in [0.25, 0.3) is 11.3 Å². The van der Waals surface area contributed by atoms with Crippen molar-refractivity contribution in [2.75, 3.05) is 5.32 Å².